The van der Waals surface area contributed by atoms with Gasteiger partial charge >= 0.3 is 0 Å². The highest BCUT2D eigenvalue weighted by Gasteiger charge is 2.35. The standard InChI is InChI=1S/C17H23N3O2.2ClH/c1-2-8-20-9-5-13-12-14(3-4-15(13)20)19-16(21)17(18)6-10-22-11-7-17;;/h3-5,9,12H,2,6-8,10-11,18H2,1H3,(H,19,21);2*1H. The van der Waals surface area contributed by atoms with E-state index in [0.717, 1.165) is 24.0 Å². The maximum Gasteiger partial charge on any atom is 0.244 e. The van der Waals surface area contributed by atoms with E-state index in [1.165, 1.54) is 5.52 Å². The van der Waals surface area contributed by atoms with E-state index in [1.807, 2.05) is 18.2 Å². The molecule has 0 bridgehead atoms. The number of benzene rings is 1. The molecular weight excluding hydrogens is 349 g/mol. The van der Waals surface area contributed by atoms with Crippen molar-refractivity contribution in [2.75, 3.05) is 18.5 Å². The zero-order valence-corrected chi connectivity index (χ0v) is 15.4. The molecule has 0 radical (unpaired) electrons. The van der Waals surface area contributed by atoms with Crippen LogP contribution in [0.4, 0.5) is 5.69 Å². The summed E-state index contributed by atoms with van der Waals surface area (Å²) in [5, 5.41) is 4.09. The van der Waals surface area contributed by atoms with E-state index < -0.39 is 5.54 Å². The molecule has 7 heteroatoms. The van der Waals surface area contributed by atoms with Crippen LogP contribution in [0.2, 0.25) is 0 Å². The van der Waals surface area contributed by atoms with Crippen LogP contribution in [0.25, 0.3) is 10.9 Å². The van der Waals surface area contributed by atoms with E-state index in [4.69, 9.17) is 10.5 Å². The van der Waals surface area contributed by atoms with Gasteiger partial charge in [0, 0.05) is 42.5 Å². The second-order valence-electron chi connectivity index (χ2n) is 6.01. The van der Waals surface area contributed by atoms with Crippen LogP contribution in [0.1, 0.15) is 26.2 Å². The van der Waals surface area contributed by atoms with Crippen molar-refractivity contribution in [2.45, 2.75) is 38.3 Å². The lowest BCUT2D eigenvalue weighted by molar-refractivity contribution is -0.124. The second kappa shape index (κ2) is 8.72. The fourth-order valence-corrected chi connectivity index (χ4v) is 2.93. The van der Waals surface area contributed by atoms with Gasteiger partial charge in [0.2, 0.25) is 5.91 Å². The summed E-state index contributed by atoms with van der Waals surface area (Å²) in [6.45, 7) is 4.25. The zero-order valence-electron chi connectivity index (χ0n) is 13.8. The van der Waals surface area contributed by atoms with Crippen molar-refractivity contribution in [2.24, 2.45) is 5.73 Å². The molecule has 1 fully saturated rings. The third-order valence-electron chi connectivity index (χ3n) is 4.33. The number of carbonyl (C=O) groups excluding carboxylic acids is 1. The molecule has 1 aromatic carbocycles. The predicted octanol–water partition coefficient (Wildman–Crippen LogP) is 3.34. The van der Waals surface area contributed by atoms with Crippen molar-refractivity contribution in [3.63, 3.8) is 0 Å². The Bertz CT molecular complexity index is 682. The topological polar surface area (TPSA) is 69.3 Å². The van der Waals surface area contributed by atoms with Crippen LogP contribution in [0.15, 0.2) is 30.5 Å². The van der Waals surface area contributed by atoms with Crippen molar-refractivity contribution in [1.82, 2.24) is 4.57 Å². The highest BCUT2D eigenvalue weighted by Crippen LogP contribution is 2.24. The number of amides is 1. The lowest BCUT2D eigenvalue weighted by Gasteiger charge is -2.31. The first kappa shape index (κ1) is 20.8. The maximum atomic E-state index is 12.4. The molecule has 24 heavy (non-hydrogen) atoms. The van der Waals surface area contributed by atoms with Gasteiger partial charge in [-0.1, -0.05) is 6.92 Å². The molecule has 134 valence electrons. The summed E-state index contributed by atoms with van der Waals surface area (Å²) in [7, 11) is 0. The number of aromatic nitrogens is 1. The van der Waals surface area contributed by atoms with E-state index in [-0.39, 0.29) is 30.7 Å². The van der Waals surface area contributed by atoms with Crippen molar-refractivity contribution in [3.05, 3.63) is 30.5 Å². The van der Waals surface area contributed by atoms with Gasteiger partial charge in [-0.25, -0.2) is 0 Å². The fraction of sp³-hybridized carbons (Fsp3) is 0.471. The molecule has 1 aliphatic rings. The summed E-state index contributed by atoms with van der Waals surface area (Å²) >= 11 is 0. The van der Waals surface area contributed by atoms with Gasteiger partial charge in [0.1, 0.15) is 5.54 Å². The summed E-state index contributed by atoms with van der Waals surface area (Å²) in [4.78, 5) is 12.4. The van der Waals surface area contributed by atoms with Crippen molar-refractivity contribution >= 4 is 47.3 Å². The van der Waals surface area contributed by atoms with Gasteiger partial charge in [-0.05, 0) is 43.5 Å². The zero-order chi connectivity index (χ0) is 15.6. The molecule has 1 aliphatic heterocycles. The van der Waals surface area contributed by atoms with E-state index in [9.17, 15) is 4.79 Å². The predicted molar refractivity (Wildman–Crippen MR) is 102 cm³/mol. The quantitative estimate of drug-likeness (QED) is 0.863. The van der Waals surface area contributed by atoms with Gasteiger partial charge in [-0.3, -0.25) is 4.79 Å². The number of carbonyl (C=O) groups is 1. The minimum Gasteiger partial charge on any atom is -0.381 e. The SMILES string of the molecule is CCCn1ccc2cc(NC(=O)C3(N)CCOCC3)ccc21.Cl.Cl. The molecule has 1 aromatic heterocycles. The molecule has 2 aromatic rings. The Labute approximate surface area is 154 Å². The van der Waals surface area contributed by atoms with Crippen LogP contribution in [0.5, 0.6) is 0 Å². The third kappa shape index (κ3) is 4.22. The van der Waals surface area contributed by atoms with Gasteiger partial charge in [-0.15, -0.1) is 24.8 Å². The highest BCUT2D eigenvalue weighted by molar-refractivity contribution is 5.99. The number of hydrogen-bond acceptors (Lipinski definition) is 3. The molecule has 1 amide bonds. The highest BCUT2D eigenvalue weighted by atomic mass is 35.5. The molecular formula is C17H25Cl2N3O2. The van der Waals surface area contributed by atoms with Gasteiger partial charge in [0.25, 0.3) is 0 Å². The molecule has 0 spiro atoms. The molecule has 2 heterocycles. The second-order valence-corrected chi connectivity index (χ2v) is 6.01. The molecule has 0 aliphatic carbocycles. The van der Waals surface area contributed by atoms with Crippen molar-refractivity contribution in [3.8, 4) is 0 Å². The molecule has 3 N–H and O–H groups in total. The van der Waals surface area contributed by atoms with Gasteiger partial charge in [0.05, 0.1) is 0 Å². The normalized spacial score (nSPS) is 16.1. The van der Waals surface area contributed by atoms with Crippen LogP contribution >= 0.6 is 24.8 Å². The average Bonchev–Trinajstić information content (AvgIpc) is 2.91. The molecule has 0 saturated carbocycles. The lowest BCUT2D eigenvalue weighted by atomic mass is 9.90. The van der Waals surface area contributed by atoms with Gasteiger partial charge < -0.3 is 20.4 Å². The number of nitrogens with two attached hydrogens (primary N) is 1. The Morgan fingerprint density at radius 3 is 2.67 bits per heavy atom. The number of nitrogens with zero attached hydrogens (tertiary/aromatic N) is 1. The maximum absolute atomic E-state index is 12.4. The summed E-state index contributed by atoms with van der Waals surface area (Å²) in [5.41, 5.74) is 7.38. The molecule has 0 atom stereocenters. The number of aryl methyl sites for hydroxylation is 1. The lowest BCUT2D eigenvalue weighted by Crippen LogP contribution is -2.54. The van der Waals surface area contributed by atoms with Crippen LogP contribution < -0.4 is 11.1 Å². The molecule has 5 nitrogen and oxygen atoms in total. The first-order chi connectivity index (χ1) is 10.6. The number of nitrogens with one attached hydrogen (secondary N) is 1. The van der Waals surface area contributed by atoms with Crippen LogP contribution in [-0.2, 0) is 16.1 Å². The minimum atomic E-state index is -0.818. The Morgan fingerprint density at radius 2 is 2.00 bits per heavy atom. The summed E-state index contributed by atoms with van der Waals surface area (Å²) in [6, 6.07) is 8.07. The number of rotatable bonds is 4. The van der Waals surface area contributed by atoms with E-state index in [2.05, 4.69) is 29.1 Å². The molecule has 0 unspecified atom stereocenters. The van der Waals surface area contributed by atoms with Crippen LogP contribution in [-0.4, -0.2) is 29.2 Å². The number of halogens is 2. The Hall–Kier alpha value is -1.27. The third-order valence-corrected chi connectivity index (χ3v) is 4.33. The Balaban J connectivity index is 0.00000144. The first-order valence-electron chi connectivity index (χ1n) is 7.89. The average molecular weight is 374 g/mol. The Kier molecular flexibility index (Phi) is 7.55. The number of anilines is 1. The number of fused-ring (bicyclic) bond motifs is 1. The Morgan fingerprint density at radius 1 is 1.29 bits per heavy atom. The largest absolute Gasteiger partial charge is 0.381 e. The number of hydrogen-bond donors (Lipinski definition) is 2. The van der Waals surface area contributed by atoms with Crippen molar-refractivity contribution < 1.29 is 9.53 Å². The summed E-state index contributed by atoms with van der Waals surface area (Å²) in [6.07, 6.45) is 4.31. The smallest absolute Gasteiger partial charge is 0.244 e. The van der Waals surface area contributed by atoms with E-state index >= 15 is 0 Å². The van der Waals surface area contributed by atoms with Gasteiger partial charge in [0.15, 0.2) is 0 Å². The van der Waals surface area contributed by atoms with E-state index in [0.29, 0.717) is 26.1 Å². The van der Waals surface area contributed by atoms with Crippen LogP contribution in [0.3, 0.4) is 0 Å². The van der Waals surface area contributed by atoms with Crippen LogP contribution in [0, 0.1) is 0 Å². The first-order valence-corrected chi connectivity index (χ1v) is 7.89. The monoisotopic (exact) mass is 373 g/mol. The summed E-state index contributed by atoms with van der Waals surface area (Å²) in [5.74, 6) is -0.122. The fourth-order valence-electron chi connectivity index (χ4n) is 2.93. The molecule has 1 saturated heterocycles. The van der Waals surface area contributed by atoms with E-state index in [1.54, 1.807) is 0 Å². The van der Waals surface area contributed by atoms with Crippen molar-refractivity contribution in [1.29, 1.82) is 0 Å². The minimum absolute atomic E-state index is 0. The molecule has 3 rings (SSSR count). The van der Waals surface area contributed by atoms with Gasteiger partial charge in [-0.2, -0.15) is 0 Å². The number of ether oxygens (including phenoxy) is 1. The summed E-state index contributed by atoms with van der Waals surface area (Å²) < 4.78 is 7.51.